The van der Waals surface area contributed by atoms with Crippen LogP contribution >= 0.6 is 0 Å². The Balaban J connectivity index is 2.05. The van der Waals surface area contributed by atoms with Crippen LogP contribution in [0.5, 0.6) is 11.5 Å². The van der Waals surface area contributed by atoms with Crippen LogP contribution in [-0.2, 0) is 20.7 Å². The van der Waals surface area contributed by atoms with Gasteiger partial charge in [-0.1, -0.05) is 17.7 Å². The van der Waals surface area contributed by atoms with Crippen LogP contribution in [0.4, 0.5) is 0 Å². The van der Waals surface area contributed by atoms with E-state index in [2.05, 4.69) is 0 Å². The van der Waals surface area contributed by atoms with E-state index in [1.165, 1.54) is 12.1 Å². The molecule has 0 heterocycles. The van der Waals surface area contributed by atoms with Crippen molar-refractivity contribution in [1.82, 2.24) is 0 Å². The van der Waals surface area contributed by atoms with E-state index < -0.39 is 10.1 Å². The first-order chi connectivity index (χ1) is 11.0. The van der Waals surface area contributed by atoms with Crippen molar-refractivity contribution >= 4 is 10.1 Å². The van der Waals surface area contributed by atoms with Gasteiger partial charge < -0.3 is 9.47 Å². The molecule has 5 nitrogen and oxygen atoms in total. The molecule has 23 heavy (non-hydrogen) atoms. The molecule has 0 aliphatic heterocycles. The summed E-state index contributed by atoms with van der Waals surface area (Å²) in [4.78, 5) is 0.153. The second-order valence-electron chi connectivity index (χ2n) is 5.02. The van der Waals surface area contributed by atoms with Crippen LogP contribution in [0.2, 0.25) is 0 Å². The van der Waals surface area contributed by atoms with Gasteiger partial charge in [-0.25, -0.2) is 0 Å². The number of rotatable bonds is 7. The lowest BCUT2D eigenvalue weighted by Gasteiger charge is -2.11. The van der Waals surface area contributed by atoms with Crippen LogP contribution in [0, 0.1) is 6.92 Å². The Labute approximate surface area is 136 Å². The van der Waals surface area contributed by atoms with Gasteiger partial charge in [0.1, 0.15) is 11.5 Å². The van der Waals surface area contributed by atoms with E-state index >= 15 is 0 Å². The molecule has 0 fully saturated rings. The molecule has 2 rings (SSSR count). The van der Waals surface area contributed by atoms with E-state index in [0.717, 1.165) is 11.1 Å². The topological polar surface area (TPSA) is 61.8 Å². The first-order valence-electron chi connectivity index (χ1n) is 7.13. The van der Waals surface area contributed by atoms with Crippen LogP contribution in [0.1, 0.15) is 11.1 Å². The molecular weight excluding hydrogens is 316 g/mol. The van der Waals surface area contributed by atoms with Crippen molar-refractivity contribution in [2.75, 3.05) is 20.8 Å². The lowest BCUT2D eigenvalue weighted by Crippen LogP contribution is -2.09. The van der Waals surface area contributed by atoms with Crippen molar-refractivity contribution in [3.63, 3.8) is 0 Å². The quantitative estimate of drug-likeness (QED) is 0.728. The highest BCUT2D eigenvalue weighted by Crippen LogP contribution is 2.24. The van der Waals surface area contributed by atoms with Gasteiger partial charge in [0.25, 0.3) is 10.1 Å². The van der Waals surface area contributed by atoms with E-state index in [9.17, 15) is 8.42 Å². The molecule has 0 atom stereocenters. The zero-order valence-electron chi connectivity index (χ0n) is 13.4. The fourth-order valence-electron chi connectivity index (χ4n) is 2.11. The van der Waals surface area contributed by atoms with Crippen LogP contribution < -0.4 is 9.47 Å². The highest BCUT2D eigenvalue weighted by molar-refractivity contribution is 7.86. The Bertz CT molecular complexity index is 751. The lowest BCUT2D eigenvalue weighted by molar-refractivity contribution is 0.318. The van der Waals surface area contributed by atoms with Crippen LogP contribution in [0.25, 0.3) is 0 Å². The molecule has 0 aromatic heterocycles. The van der Waals surface area contributed by atoms with Gasteiger partial charge in [0.2, 0.25) is 0 Å². The molecule has 0 aliphatic carbocycles. The zero-order valence-corrected chi connectivity index (χ0v) is 14.2. The number of benzene rings is 2. The molecule has 0 amide bonds. The summed E-state index contributed by atoms with van der Waals surface area (Å²) in [5.74, 6) is 1.35. The highest BCUT2D eigenvalue weighted by atomic mass is 32.2. The normalized spacial score (nSPS) is 11.3. The van der Waals surface area contributed by atoms with Gasteiger partial charge >= 0.3 is 0 Å². The van der Waals surface area contributed by atoms with E-state index in [1.54, 1.807) is 44.6 Å². The molecule has 0 unspecified atom stereocenters. The summed E-state index contributed by atoms with van der Waals surface area (Å²) in [7, 11) is -0.616. The first kappa shape index (κ1) is 17.3. The third-order valence-electron chi connectivity index (χ3n) is 3.41. The lowest BCUT2D eigenvalue weighted by atomic mass is 10.1. The third kappa shape index (κ3) is 4.46. The molecule has 0 saturated carbocycles. The van der Waals surface area contributed by atoms with Crippen molar-refractivity contribution in [1.29, 1.82) is 0 Å². The molecule has 0 spiro atoms. The summed E-state index contributed by atoms with van der Waals surface area (Å²) in [6.07, 6.45) is 0.394. The van der Waals surface area contributed by atoms with Crippen molar-refractivity contribution in [3.8, 4) is 11.5 Å². The predicted molar refractivity (Wildman–Crippen MR) is 87.6 cm³/mol. The molecule has 0 aliphatic rings. The maximum atomic E-state index is 12.1. The molecule has 124 valence electrons. The van der Waals surface area contributed by atoms with Gasteiger partial charge in [-0.15, -0.1) is 0 Å². The molecule has 0 saturated heterocycles. The fraction of sp³-hybridized carbons (Fsp3) is 0.294. The molecule has 2 aromatic rings. The summed E-state index contributed by atoms with van der Waals surface area (Å²) in [6.45, 7) is 1.92. The van der Waals surface area contributed by atoms with E-state index in [4.69, 9.17) is 13.7 Å². The average molecular weight is 336 g/mol. The van der Waals surface area contributed by atoms with Crippen LogP contribution in [0.3, 0.4) is 0 Å². The summed E-state index contributed by atoms with van der Waals surface area (Å²) in [6, 6.07) is 11.9. The largest absolute Gasteiger partial charge is 0.497 e. The molecule has 0 N–H and O–H groups in total. The van der Waals surface area contributed by atoms with E-state index in [0.29, 0.717) is 17.9 Å². The number of ether oxygens (including phenoxy) is 2. The average Bonchev–Trinajstić information content (AvgIpc) is 2.55. The van der Waals surface area contributed by atoms with Crippen molar-refractivity contribution < 1.29 is 22.1 Å². The van der Waals surface area contributed by atoms with Gasteiger partial charge in [0.05, 0.1) is 25.7 Å². The molecule has 0 radical (unpaired) electrons. The van der Waals surface area contributed by atoms with Crippen LogP contribution in [-0.4, -0.2) is 29.2 Å². The summed E-state index contributed by atoms with van der Waals surface area (Å²) in [5.41, 5.74) is 1.82. The Morgan fingerprint density at radius 3 is 2.26 bits per heavy atom. The second kappa shape index (κ2) is 7.48. The maximum Gasteiger partial charge on any atom is 0.296 e. The number of methoxy groups -OCH3 is 2. The zero-order chi connectivity index (χ0) is 16.9. The van der Waals surface area contributed by atoms with Gasteiger partial charge in [0.15, 0.2) is 0 Å². The Hall–Kier alpha value is -2.05. The molecule has 6 heteroatoms. The monoisotopic (exact) mass is 336 g/mol. The minimum atomic E-state index is -3.75. The first-order valence-corrected chi connectivity index (χ1v) is 8.54. The Kier molecular flexibility index (Phi) is 5.63. The minimum absolute atomic E-state index is 0.0275. The van der Waals surface area contributed by atoms with Crippen LogP contribution in [0.15, 0.2) is 47.4 Å². The predicted octanol–water partition coefficient (Wildman–Crippen LogP) is 2.96. The van der Waals surface area contributed by atoms with Crippen molar-refractivity contribution in [2.45, 2.75) is 18.2 Å². The van der Waals surface area contributed by atoms with E-state index in [1.807, 2.05) is 6.92 Å². The summed E-state index contributed by atoms with van der Waals surface area (Å²) in [5, 5.41) is 0. The highest BCUT2D eigenvalue weighted by Gasteiger charge is 2.15. The maximum absolute atomic E-state index is 12.1. The van der Waals surface area contributed by atoms with Crippen molar-refractivity contribution in [2.24, 2.45) is 0 Å². The fourth-order valence-corrected chi connectivity index (χ4v) is 3.02. The van der Waals surface area contributed by atoms with Gasteiger partial charge in [-0.05, 0) is 37.3 Å². The van der Waals surface area contributed by atoms with Gasteiger partial charge in [-0.2, -0.15) is 8.42 Å². The number of hydrogen-bond acceptors (Lipinski definition) is 5. The smallest absolute Gasteiger partial charge is 0.296 e. The van der Waals surface area contributed by atoms with Crippen molar-refractivity contribution in [3.05, 3.63) is 53.6 Å². The standard InChI is InChI=1S/C17H20O5S/c1-13-4-7-16(8-5-13)23(18,19)22-11-10-14-12-15(20-2)6-9-17(14)21-3/h4-9,12H,10-11H2,1-3H3. The number of hydrogen-bond donors (Lipinski definition) is 0. The molecular formula is C17H20O5S. The van der Waals surface area contributed by atoms with Gasteiger partial charge in [-0.3, -0.25) is 4.18 Å². The van der Waals surface area contributed by atoms with E-state index in [-0.39, 0.29) is 11.5 Å². The number of aryl methyl sites for hydroxylation is 1. The Morgan fingerprint density at radius 2 is 1.65 bits per heavy atom. The Morgan fingerprint density at radius 1 is 0.957 bits per heavy atom. The SMILES string of the molecule is COc1ccc(OC)c(CCOS(=O)(=O)c2ccc(C)cc2)c1. The minimum Gasteiger partial charge on any atom is -0.497 e. The molecule has 2 aromatic carbocycles. The molecule has 0 bridgehead atoms. The second-order valence-corrected chi connectivity index (χ2v) is 6.63. The van der Waals surface area contributed by atoms with Gasteiger partial charge in [0, 0.05) is 12.0 Å². The summed E-state index contributed by atoms with van der Waals surface area (Å²) < 4.78 is 39.8. The summed E-state index contributed by atoms with van der Waals surface area (Å²) >= 11 is 0. The third-order valence-corrected chi connectivity index (χ3v) is 4.73.